The number of carbonyl (C=O) groups is 1. The first kappa shape index (κ1) is 33.3. The van der Waals surface area contributed by atoms with Crippen LogP contribution >= 0.6 is 0 Å². The van der Waals surface area contributed by atoms with E-state index in [1.165, 1.54) is 47.1 Å². The van der Waals surface area contributed by atoms with Crippen molar-refractivity contribution >= 4 is 32.0 Å². The van der Waals surface area contributed by atoms with E-state index in [0.29, 0.717) is 12.6 Å². The number of phenols is 1. The first-order valence-corrected chi connectivity index (χ1v) is 16.4. The normalized spacial score (nSPS) is 14.7. The predicted octanol–water partition coefficient (Wildman–Crippen LogP) is 5.17. The minimum Gasteiger partial charge on any atom is -0.508 e. The molecule has 0 bridgehead atoms. The Balaban J connectivity index is 1.65. The average molecular weight is 651 g/mol. The molecule has 0 spiro atoms. The van der Waals surface area contributed by atoms with Crippen LogP contribution in [-0.2, 0) is 10.0 Å². The smallest absolute Gasteiger partial charge is 0.394 e. The number of amides is 1. The zero-order valence-electron chi connectivity index (χ0n) is 24.7. The SMILES string of the molecule is CCCC(C)(C)N(CC[Si])c1nc(-n2ccc(OCCC3(C(F)(F)F)CC3)n2)ccc1C(=O)NS(=O)(=O)c1ccc(O)cc1. The van der Waals surface area contributed by atoms with Gasteiger partial charge in [-0.1, -0.05) is 13.3 Å². The van der Waals surface area contributed by atoms with Crippen LogP contribution in [-0.4, -0.2) is 69.3 Å². The zero-order valence-corrected chi connectivity index (χ0v) is 26.5. The Morgan fingerprint density at radius 3 is 2.43 bits per heavy atom. The molecule has 1 amide bonds. The number of phenolic OH excluding ortho intramolecular Hbond substituents is 1. The van der Waals surface area contributed by atoms with Crippen LogP contribution in [0.2, 0.25) is 6.04 Å². The van der Waals surface area contributed by atoms with Gasteiger partial charge >= 0.3 is 6.18 Å². The second-order valence-corrected chi connectivity index (χ2v) is 13.6. The van der Waals surface area contributed by atoms with E-state index in [9.17, 15) is 31.5 Å². The van der Waals surface area contributed by atoms with Crippen molar-refractivity contribution in [2.24, 2.45) is 5.41 Å². The molecule has 1 saturated carbocycles. The van der Waals surface area contributed by atoms with Crippen LogP contribution in [0.1, 0.15) is 63.2 Å². The van der Waals surface area contributed by atoms with Crippen molar-refractivity contribution in [1.29, 1.82) is 0 Å². The van der Waals surface area contributed by atoms with Crippen molar-refractivity contribution in [3.63, 3.8) is 0 Å². The molecule has 1 aliphatic rings. The highest BCUT2D eigenvalue weighted by Crippen LogP contribution is 2.59. The molecule has 0 saturated heterocycles. The summed E-state index contributed by atoms with van der Waals surface area (Å²) in [6.07, 6.45) is -1.13. The number of pyridine rings is 1. The fourth-order valence-corrected chi connectivity index (χ4v) is 6.24. The number of aromatic hydroxyl groups is 1. The van der Waals surface area contributed by atoms with E-state index >= 15 is 0 Å². The third-order valence-corrected chi connectivity index (χ3v) is 9.32. The monoisotopic (exact) mass is 650 g/mol. The van der Waals surface area contributed by atoms with Gasteiger partial charge in [0.05, 0.1) is 22.5 Å². The quantitative estimate of drug-likeness (QED) is 0.229. The van der Waals surface area contributed by atoms with Crippen molar-refractivity contribution in [1.82, 2.24) is 19.5 Å². The van der Waals surface area contributed by atoms with Crippen LogP contribution in [0.4, 0.5) is 19.0 Å². The number of aromatic nitrogens is 3. The standard InChI is InChI=1S/C29H35F3N5O5SSi/c1-4-12-27(2,3)36(17-19-44)25-22(26(39)35-43(40,41)21-7-5-20(38)6-8-21)9-10-23(33-25)37-16-11-24(34-37)42-18-15-28(13-14-28)29(30,31)32/h5-11,16,38H,4,12-15,17-19H2,1-3H3,(H,35,39). The molecule has 4 rings (SSSR count). The highest BCUT2D eigenvalue weighted by Gasteiger charge is 2.62. The Morgan fingerprint density at radius 1 is 1.16 bits per heavy atom. The van der Waals surface area contributed by atoms with Gasteiger partial charge in [0.25, 0.3) is 15.9 Å². The van der Waals surface area contributed by atoms with Gasteiger partial charge < -0.3 is 14.7 Å². The van der Waals surface area contributed by atoms with Gasteiger partial charge in [-0.3, -0.25) is 4.79 Å². The maximum atomic E-state index is 13.5. The third kappa shape index (κ3) is 7.37. The lowest BCUT2D eigenvalue weighted by Gasteiger charge is -2.40. The van der Waals surface area contributed by atoms with Crippen LogP contribution < -0.4 is 14.4 Å². The van der Waals surface area contributed by atoms with Crippen LogP contribution in [0.5, 0.6) is 11.6 Å². The summed E-state index contributed by atoms with van der Waals surface area (Å²) in [5.41, 5.74) is -2.17. The Morgan fingerprint density at radius 2 is 1.84 bits per heavy atom. The summed E-state index contributed by atoms with van der Waals surface area (Å²) in [5, 5.41) is 13.8. The third-order valence-electron chi connectivity index (χ3n) is 7.75. The van der Waals surface area contributed by atoms with E-state index < -0.39 is 33.1 Å². The number of anilines is 1. The van der Waals surface area contributed by atoms with Crippen molar-refractivity contribution in [3.8, 4) is 17.4 Å². The van der Waals surface area contributed by atoms with Crippen LogP contribution in [0.3, 0.4) is 0 Å². The lowest BCUT2D eigenvalue weighted by Crippen LogP contribution is -2.46. The minimum absolute atomic E-state index is 0.00547. The number of nitrogens with zero attached hydrogens (tertiary/aromatic N) is 4. The number of alkyl halides is 3. The number of ether oxygens (including phenoxy) is 1. The molecule has 2 N–H and O–H groups in total. The molecule has 15 heteroatoms. The Bertz CT molecular complexity index is 1570. The van der Waals surface area contributed by atoms with Gasteiger partial charge in [0, 0.05) is 34.6 Å². The van der Waals surface area contributed by atoms with Crippen LogP contribution in [0.15, 0.2) is 53.6 Å². The van der Waals surface area contributed by atoms with Crippen molar-refractivity contribution < 1.29 is 36.2 Å². The summed E-state index contributed by atoms with van der Waals surface area (Å²) in [6, 6.07) is 9.73. The van der Waals surface area contributed by atoms with Crippen LogP contribution in [0, 0.1) is 5.41 Å². The molecule has 10 nitrogen and oxygen atoms in total. The lowest BCUT2D eigenvalue weighted by molar-refractivity contribution is -0.190. The van der Waals surface area contributed by atoms with Gasteiger partial charge in [0.1, 0.15) is 11.6 Å². The van der Waals surface area contributed by atoms with Crippen molar-refractivity contribution in [3.05, 3.63) is 54.2 Å². The van der Waals surface area contributed by atoms with Crippen molar-refractivity contribution in [2.45, 2.75) is 75.5 Å². The molecule has 0 aliphatic heterocycles. The summed E-state index contributed by atoms with van der Waals surface area (Å²) >= 11 is 0. The first-order valence-electron chi connectivity index (χ1n) is 14.2. The first-order chi connectivity index (χ1) is 20.6. The summed E-state index contributed by atoms with van der Waals surface area (Å²) < 4.78 is 74.7. The van der Waals surface area contributed by atoms with E-state index in [1.807, 2.05) is 25.7 Å². The van der Waals surface area contributed by atoms with Gasteiger partial charge in [0.15, 0.2) is 5.82 Å². The maximum Gasteiger partial charge on any atom is 0.394 e. The van der Waals surface area contributed by atoms with Crippen molar-refractivity contribution in [2.75, 3.05) is 18.1 Å². The molecule has 1 aromatic carbocycles. The fourth-order valence-electron chi connectivity index (χ4n) is 5.05. The molecule has 1 fully saturated rings. The highest BCUT2D eigenvalue weighted by molar-refractivity contribution is 7.90. The van der Waals surface area contributed by atoms with Gasteiger partial charge in [-0.05, 0) is 82.0 Å². The van der Waals surface area contributed by atoms with Gasteiger partial charge in [0.2, 0.25) is 5.88 Å². The summed E-state index contributed by atoms with van der Waals surface area (Å²) in [5.74, 6) is -0.400. The van der Waals surface area contributed by atoms with Crippen LogP contribution in [0.25, 0.3) is 5.82 Å². The number of carbonyl (C=O) groups excluding carboxylic acids is 1. The Labute approximate surface area is 258 Å². The number of rotatable bonds is 14. The molecule has 237 valence electrons. The number of benzene rings is 1. The zero-order chi connectivity index (χ0) is 32.3. The molecule has 2 heterocycles. The van der Waals surface area contributed by atoms with E-state index in [4.69, 9.17) is 9.72 Å². The van der Waals surface area contributed by atoms with E-state index in [0.717, 1.165) is 12.8 Å². The molecular weight excluding hydrogens is 615 g/mol. The fraction of sp³-hybridized carbons (Fsp3) is 0.483. The molecule has 1 aliphatic carbocycles. The number of halogens is 3. The molecule has 0 unspecified atom stereocenters. The molecule has 0 atom stereocenters. The lowest BCUT2D eigenvalue weighted by atomic mass is 9.95. The summed E-state index contributed by atoms with van der Waals surface area (Å²) in [7, 11) is -0.756. The second-order valence-electron chi connectivity index (χ2n) is 11.4. The second kappa shape index (κ2) is 12.8. The maximum absolute atomic E-state index is 13.5. The van der Waals surface area contributed by atoms with E-state index in [1.54, 1.807) is 6.20 Å². The Hall–Kier alpha value is -3.59. The average Bonchev–Trinajstić information content (AvgIpc) is 3.61. The molecular formula is C29H35F3N5O5SSi. The van der Waals surface area contributed by atoms with E-state index in [2.05, 4.69) is 20.1 Å². The number of sulfonamides is 1. The number of hydrogen-bond donors (Lipinski definition) is 2. The minimum atomic E-state index is -4.28. The molecule has 2 aromatic heterocycles. The number of hydrogen-bond acceptors (Lipinski definition) is 8. The summed E-state index contributed by atoms with van der Waals surface area (Å²) in [6.45, 7) is 6.30. The predicted molar refractivity (Wildman–Crippen MR) is 159 cm³/mol. The Kier molecular flexibility index (Phi) is 9.68. The van der Waals surface area contributed by atoms with E-state index in [-0.39, 0.29) is 59.6 Å². The van der Waals surface area contributed by atoms with Gasteiger partial charge in [-0.25, -0.2) is 22.8 Å². The molecule has 3 radical (unpaired) electrons. The molecule has 44 heavy (non-hydrogen) atoms. The van der Waals surface area contributed by atoms with Gasteiger partial charge in [-0.2, -0.15) is 13.2 Å². The summed E-state index contributed by atoms with van der Waals surface area (Å²) in [4.78, 5) is 19.9. The number of nitrogens with one attached hydrogen (secondary N) is 1. The highest BCUT2D eigenvalue weighted by atomic mass is 32.2. The topological polar surface area (TPSA) is 127 Å². The molecule has 3 aromatic rings. The van der Waals surface area contributed by atoms with Gasteiger partial charge in [-0.15, -0.1) is 5.10 Å². The largest absolute Gasteiger partial charge is 0.508 e.